The lowest BCUT2D eigenvalue weighted by atomic mass is 9.85. The third-order valence-corrected chi connectivity index (χ3v) is 8.75. The van der Waals surface area contributed by atoms with Crippen LogP contribution in [0.25, 0.3) is 0 Å². The molecule has 1 aromatic heterocycles. The number of nitrogens with zero attached hydrogens (tertiary/aromatic N) is 3. The molecule has 1 unspecified atom stereocenters. The molecule has 1 spiro atoms. The van der Waals surface area contributed by atoms with Gasteiger partial charge in [-0.3, -0.25) is 14.6 Å². The number of ether oxygens (including phenoxy) is 1. The second kappa shape index (κ2) is 7.87. The highest BCUT2D eigenvalue weighted by molar-refractivity contribution is 6.12. The summed E-state index contributed by atoms with van der Waals surface area (Å²) in [5.41, 5.74) is 2.18. The second-order valence-electron chi connectivity index (χ2n) is 10.9. The number of Topliss-reactive ketones (excluding diaryl/α,β-unsaturated/α-hetero) is 1. The van der Waals surface area contributed by atoms with Crippen LogP contribution in [-0.2, 0) is 20.5 Å². The van der Waals surface area contributed by atoms with Gasteiger partial charge in [0.2, 0.25) is 5.91 Å². The Bertz CT molecular complexity index is 1250. The third-order valence-electron chi connectivity index (χ3n) is 8.75. The number of nitrogens with one attached hydrogen (secondary N) is 1. The monoisotopic (exact) mass is 486 g/mol. The molecular weight excluding hydrogens is 456 g/mol. The summed E-state index contributed by atoms with van der Waals surface area (Å²) in [5, 5.41) is 3.28. The lowest BCUT2D eigenvalue weighted by molar-refractivity contribution is -0.132. The summed E-state index contributed by atoms with van der Waals surface area (Å²) in [5.74, 6) is 0.0692. The second-order valence-corrected chi connectivity index (χ2v) is 10.9. The minimum absolute atomic E-state index is 0.0840. The maximum Gasteiger partial charge on any atom is 0.341 e. The number of piperazine rings is 1. The molecule has 1 atom stereocenters. The van der Waals surface area contributed by atoms with Gasteiger partial charge in [-0.05, 0) is 56.0 Å². The Morgan fingerprint density at radius 2 is 1.75 bits per heavy atom. The summed E-state index contributed by atoms with van der Waals surface area (Å²) in [6, 6.07) is 10.1. The highest BCUT2D eigenvalue weighted by atomic mass is 16.6. The highest BCUT2D eigenvalue weighted by Gasteiger charge is 2.55. The Hall–Kier alpha value is -3.26. The van der Waals surface area contributed by atoms with Crippen molar-refractivity contribution in [2.45, 2.75) is 43.1 Å². The van der Waals surface area contributed by atoms with Crippen LogP contribution in [0.4, 0.5) is 5.69 Å². The minimum Gasteiger partial charge on any atom is -0.449 e. The number of esters is 1. The van der Waals surface area contributed by atoms with Crippen molar-refractivity contribution in [3.63, 3.8) is 0 Å². The Balaban J connectivity index is 1.10. The zero-order valence-corrected chi connectivity index (χ0v) is 20.3. The van der Waals surface area contributed by atoms with E-state index in [1.54, 1.807) is 6.20 Å². The maximum absolute atomic E-state index is 13.9. The normalized spacial score (nSPS) is 26.2. The topological polar surface area (TPSA) is 91.8 Å². The van der Waals surface area contributed by atoms with Gasteiger partial charge in [-0.25, -0.2) is 4.79 Å². The predicted octanol–water partition coefficient (Wildman–Crippen LogP) is 2.41. The number of hydrogen-bond donors (Lipinski definition) is 1. The van der Waals surface area contributed by atoms with Crippen molar-refractivity contribution in [2.24, 2.45) is 5.92 Å². The average molecular weight is 487 g/mol. The fourth-order valence-electron chi connectivity index (χ4n) is 6.25. The van der Waals surface area contributed by atoms with E-state index in [0.29, 0.717) is 24.4 Å². The summed E-state index contributed by atoms with van der Waals surface area (Å²) < 4.78 is 5.81. The Kier molecular flexibility index (Phi) is 4.80. The molecule has 5 aliphatic rings. The quantitative estimate of drug-likeness (QED) is 0.513. The lowest BCUT2D eigenvalue weighted by Crippen LogP contribution is -2.49. The van der Waals surface area contributed by atoms with Crippen molar-refractivity contribution in [3.8, 4) is 0 Å². The zero-order chi connectivity index (χ0) is 24.5. The zero-order valence-electron chi connectivity index (χ0n) is 20.3. The number of ketones is 1. The first-order valence-corrected chi connectivity index (χ1v) is 13.1. The summed E-state index contributed by atoms with van der Waals surface area (Å²) in [4.78, 5) is 47.8. The molecule has 2 aromatic rings. The Morgan fingerprint density at radius 1 is 1.00 bits per heavy atom. The molecule has 0 radical (unpaired) electrons. The number of benzene rings is 1. The van der Waals surface area contributed by atoms with E-state index in [9.17, 15) is 14.4 Å². The van der Waals surface area contributed by atoms with Gasteiger partial charge in [-0.2, -0.15) is 0 Å². The van der Waals surface area contributed by atoms with Crippen molar-refractivity contribution in [1.29, 1.82) is 0 Å². The van der Waals surface area contributed by atoms with E-state index < -0.39 is 17.0 Å². The van der Waals surface area contributed by atoms with Crippen LogP contribution in [-0.4, -0.2) is 66.8 Å². The van der Waals surface area contributed by atoms with Crippen LogP contribution < -0.4 is 10.2 Å². The van der Waals surface area contributed by atoms with Crippen LogP contribution in [0.1, 0.15) is 64.1 Å². The molecule has 4 heterocycles. The van der Waals surface area contributed by atoms with Crippen molar-refractivity contribution >= 4 is 23.3 Å². The molecule has 8 nitrogen and oxygen atoms in total. The summed E-state index contributed by atoms with van der Waals surface area (Å²) >= 11 is 0. The molecule has 36 heavy (non-hydrogen) atoms. The number of fused-ring (bicyclic) bond motifs is 2. The first-order valence-electron chi connectivity index (χ1n) is 13.1. The molecule has 4 fully saturated rings. The summed E-state index contributed by atoms with van der Waals surface area (Å²) in [6.07, 6.45) is 5.93. The molecule has 2 saturated heterocycles. The van der Waals surface area contributed by atoms with Gasteiger partial charge in [0.25, 0.3) is 0 Å². The molecule has 186 valence electrons. The van der Waals surface area contributed by atoms with E-state index in [4.69, 9.17) is 4.74 Å². The van der Waals surface area contributed by atoms with E-state index in [0.717, 1.165) is 75.2 Å². The highest BCUT2D eigenvalue weighted by Crippen LogP contribution is 2.52. The molecule has 2 saturated carbocycles. The molecule has 1 amide bonds. The number of pyridine rings is 1. The Labute approximate surface area is 210 Å². The molecule has 3 aliphatic heterocycles. The standard InChI is InChI=1S/C28H30N4O4/c33-24(23-22-21(7-11-30-23)28(36-26(22)35)10-12-29-17-28)27(8-9-27)19-3-5-20(6-4-19)31-13-15-32(16-14-31)25(34)18-1-2-18/h3-7,11,18,29H,1-2,8-10,12-17H2. The number of aromatic nitrogens is 1. The van der Waals surface area contributed by atoms with E-state index in [1.165, 1.54) is 0 Å². The van der Waals surface area contributed by atoms with Crippen LogP contribution >= 0.6 is 0 Å². The lowest BCUT2D eigenvalue weighted by Gasteiger charge is -2.36. The minimum atomic E-state index is -0.671. The van der Waals surface area contributed by atoms with Gasteiger partial charge in [0.05, 0.1) is 11.0 Å². The molecular formula is C28H30N4O4. The number of anilines is 1. The number of carbonyl (C=O) groups is 3. The van der Waals surface area contributed by atoms with E-state index in [2.05, 4.69) is 27.3 Å². The fraction of sp³-hybridized carbons (Fsp3) is 0.500. The molecule has 2 aliphatic carbocycles. The maximum atomic E-state index is 13.9. The molecule has 7 rings (SSSR count). The van der Waals surface area contributed by atoms with E-state index >= 15 is 0 Å². The van der Waals surface area contributed by atoms with E-state index in [-0.39, 0.29) is 17.4 Å². The van der Waals surface area contributed by atoms with Gasteiger partial charge in [0.15, 0.2) is 11.4 Å². The van der Waals surface area contributed by atoms with Crippen LogP contribution in [0.3, 0.4) is 0 Å². The molecule has 1 N–H and O–H groups in total. The van der Waals surface area contributed by atoms with Gasteiger partial charge in [0.1, 0.15) is 5.69 Å². The SMILES string of the molecule is O=C1OC2(CCNC2)c2ccnc(C(=O)C3(c4ccc(N5CCN(C(=O)C6CC6)CC5)cc4)CC3)c21. The van der Waals surface area contributed by atoms with Gasteiger partial charge < -0.3 is 19.9 Å². The van der Waals surface area contributed by atoms with Crippen molar-refractivity contribution in [1.82, 2.24) is 15.2 Å². The molecule has 8 heteroatoms. The van der Waals surface area contributed by atoms with Crippen LogP contribution in [0.5, 0.6) is 0 Å². The number of hydrogen-bond acceptors (Lipinski definition) is 7. The average Bonchev–Trinajstić information content (AvgIpc) is 3.85. The fourth-order valence-corrected chi connectivity index (χ4v) is 6.25. The first kappa shape index (κ1) is 22.0. The van der Waals surface area contributed by atoms with Gasteiger partial charge in [0, 0.05) is 62.5 Å². The largest absolute Gasteiger partial charge is 0.449 e. The first-order chi connectivity index (χ1) is 17.5. The number of amides is 1. The van der Waals surface area contributed by atoms with Gasteiger partial charge in [-0.15, -0.1) is 0 Å². The van der Waals surface area contributed by atoms with Crippen LogP contribution in [0, 0.1) is 5.92 Å². The Morgan fingerprint density at radius 3 is 2.39 bits per heavy atom. The van der Waals surface area contributed by atoms with E-state index in [1.807, 2.05) is 23.1 Å². The smallest absolute Gasteiger partial charge is 0.341 e. The van der Waals surface area contributed by atoms with Gasteiger partial charge in [-0.1, -0.05) is 12.1 Å². The summed E-state index contributed by atoms with van der Waals surface area (Å²) in [7, 11) is 0. The van der Waals surface area contributed by atoms with Crippen molar-refractivity contribution in [3.05, 3.63) is 58.9 Å². The molecule has 1 aromatic carbocycles. The predicted molar refractivity (Wildman–Crippen MR) is 132 cm³/mol. The van der Waals surface area contributed by atoms with Crippen LogP contribution in [0.2, 0.25) is 0 Å². The van der Waals surface area contributed by atoms with Crippen molar-refractivity contribution < 1.29 is 19.1 Å². The third kappa shape index (κ3) is 3.30. The van der Waals surface area contributed by atoms with Crippen LogP contribution in [0.15, 0.2) is 36.5 Å². The van der Waals surface area contributed by atoms with Gasteiger partial charge >= 0.3 is 5.97 Å². The number of carbonyl (C=O) groups excluding carboxylic acids is 3. The number of rotatable bonds is 5. The van der Waals surface area contributed by atoms with Crippen molar-refractivity contribution in [2.75, 3.05) is 44.2 Å². The molecule has 0 bridgehead atoms. The summed E-state index contributed by atoms with van der Waals surface area (Å²) in [6.45, 7) is 4.51.